The first kappa shape index (κ1) is 10.9. The van der Waals surface area contributed by atoms with Crippen molar-refractivity contribution in [2.24, 2.45) is 11.7 Å². The van der Waals surface area contributed by atoms with Crippen LogP contribution in [-0.2, 0) is 0 Å². The van der Waals surface area contributed by atoms with Crippen LogP contribution in [0.4, 0.5) is 0 Å². The molecule has 3 N–H and O–H groups in total. The van der Waals surface area contributed by atoms with E-state index in [1.165, 1.54) is 38.6 Å². The standard InChI is InChI=1S/C12H23N3/c13-12(14)7-3-9-15-8-2-5-10-4-1-6-11(10)15/h10-11H,1-9H2,(H3,13,14). The molecule has 2 fully saturated rings. The van der Waals surface area contributed by atoms with E-state index >= 15 is 0 Å². The van der Waals surface area contributed by atoms with Crippen LogP contribution < -0.4 is 5.73 Å². The summed E-state index contributed by atoms with van der Waals surface area (Å²) in [7, 11) is 0. The third-order valence-corrected chi connectivity index (χ3v) is 4.00. The molecule has 0 spiro atoms. The van der Waals surface area contributed by atoms with E-state index in [0.717, 1.165) is 31.3 Å². The molecule has 0 aromatic heterocycles. The molecule has 1 aliphatic heterocycles. The highest BCUT2D eigenvalue weighted by Gasteiger charge is 2.34. The largest absolute Gasteiger partial charge is 0.388 e. The zero-order valence-corrected chi connectivity index (χ0v) is 9.54. The summed E-state index contributed by atoms with van der Waals surface area (Å²) >= 11 is 0. The maximum atomic E-state index is 7.22. The minimum Gasteiger partial charge on any atom is -0.388 e. The van der Waals surface area contributed by atoms with Gasteiger partial charge in [0, 0.05) is 12.5 Å². The minimum absolute atomic E-state index is 0.343. The SMILES string of the molecule is N=C(N)CCCN1CCCC2CCCC21. The van der Waals surface area contributed by atoms with Crippen LogP contribution in [0.25, 0.3) is 0 Å². The lowest BCUT2D eigenvalue weighted by atomic mass is 9.92. The molecule has 1 heterocycles. The van der Waals surface area contributed by atoms with E-state index in [-0.39, 0.29) is 0 Å². The lowest BCUT2D eigenvalue weighted by molar-refractivity contribution is 0.112. The molecule has 1 saturated carbocycles. The third kappa shape index (κ3) is 2.71. The van der Waals surface area contributed by atoms with Crippen LogP contribution in [0.1, 0.15) is 44.9 Å². The number of hydrogen-bond donors (Lipinski definition) is 2. The van der Waals surface area contributed by atoms with Crippen molar-refractivity contribution in [3.05, 3.63) is 0 Å². The summed E-state index contributed by atoms with van der Waals surface area (Å²) in [5, 5.41) is 7.22. The van der Waals surface area contributed by atoms with Gasteiger partial charge in [-0.25, -0.2) is 0 Å². The second-order valence-corrected chi connectivity index (χ2v) is 5.07. The summed E-state index contributed by atoms with van der Waals surface area (Å²) in [6.07, 6.45) is 8.96. The van der Waals surface area contributed by atoms with Crippen LogP contribution in [0.5, 0.6) is 0 Å². The fraction of sp³-hybridized carbons (Fsp3) is 0.917. The van der Waals surface area contributed by atoms with Crippen molar-refractivity contribution in [2.45, 2.75) is 51.0 Å². The van der Waals surface area contributed by atoms with Crippen LogP contribution in [0, 0.1) is 11.3 Å². The van der Waals surface area contributed by atoms with Gasteiger partial charge in [0.2, 0.25) is 0 Å². The summed E-state index contributed by atoms with van der Waals surface area (Å²) in [5.41, 5.74) is 5.38. The summed E-state index contributed by atoms with van der Waals surface area (Å²) in [5.74, 6) is 1.33. The summed E-state index contributed by atoms with van der Waals surface area (Å²) in [4.78, 5) is 2.66. The van der Waals surface area contributed by atoms with Crippen molar-refractivity contribution in [2.75, 3.05) is 13.1 Å². The highest BCUT2D eigenvalue weighted by atomic mass is 15.2. The summed E-state index contributed by atoms with van der Waals surface area (Å²) < 4.78 is 0. The van der Waals surface area contributed by atoms with Gasteiger partial charge in [-0.05, 0) is 51.1 Å². The van der Waals surface area contributed by atoms with E-state index in [9.17, 15) is 0 Å². The second-order valence-electron chi connectivity index (χ2n) is 5.07. The molecule has 86 valence electrons. The van der Waals surface area contributed by atoms with Gasteiger partial charge in [-0.15, -0.1) is 0 Å². The van der Waals surface area contributed by atoms with Crippen molar-refractivity contribution in [1.82, 2.24) is 4.90 Å². The molecule has 0 aromatic rings. The number of amidine groups is 1. The maximum Gasteiger partial charge on any atom is 0.0905 e. The Hall–Kier alpha value is -0.570. The monoisotopic (exact) mass is 209 g/mol. The molecule has 0 aromatic carbocycles. The molecule has 2 rings (SSSR count). The zero-order valence-electron chi connectivity index (χ0n) is 9.54. The van der Waals surface area contributed by atoms with Gasteiger partial charge >= 0.3 is 0 Å². The number of fused-ring (bicyclic) bond motifs is 1. The fourth-order valence-corrected chi connectivity index (χ4v) is 3.31. The lowest BCUT2D eigenvalue weighted by Crippen LogP contribution is -2.43. The predicted molar refractivity (Wildman–Crippen MR) is 63.1 cm³/mol. The van der Waals surface area contributed by atoms with Crippen molar-refractivity contribution >= 4 is 5.84 Å². The molecular weight excluding hydrogens is 186 g/mol. The Morgan fingerprint density at radius 2 is 2.07 bits per heavy atom. The van der Waals surface area contributed by atoms with E-state index in [4.69, 9.17) is 11.1 Å². The van der Waals surface area contributed by atoms with Crippen LogP contribution in [0.2, 0.25) is 0 Å². The third-order valence-electron chi connectivity index (χ3n) is 4.00. The molecule has 1 saturated heterocycles. The molecule has 3 heteroatoms. The summed E-state index contributed by atoms with van der Waals surface area (Å²) in [6.45, 7) is 2.43. The number of nitrogens with one attached hydrogen (secondary N) is 1. The normalized spacial score (nSPS) is 31.5. The molecule has 2 unspecified atom stereocenters. The average Bonchev–Trinajstić information content (AvgIpc) is 2.65. The van der Waals surface area contributed by atoms with Crippen molar-refractivity contribution < 1.29 is 0 Å². The smallest absolute Gasteiger partial charge is 0.0905 e. The number of rotatable bonds is 4. The van der Waals surface area contributed by atoms with Crippen LogP contribution >= 0.6 is 0 Å². The Balaban J connectivity index is 1.77. The Bertz CT molecular complexity index is 227. The Morgan fingerprint density at radius 3 is 2.87 bits per heavy atom. The van der Waals surface area contributed by atoms with Gasteiger partial charge < -0.3 is 10.6 Å². The molecule has 0 amide bonds. The first-order chi connectivity index (χ1) is 7.27. The molecule has 0 radical (unpaired) electrons. The Labute approximate surface area is 92.5 Å². The van der Waals surface area contributed by atoms with Crippen molar-refractivity contribution in [1.29, 1.82) is 5.41 Å². The van der Waals surface area contributed by atoms with E-state index in [0.29, 0.717) is 5.84 Å². The Morgan fingerprint density at radius 1 is 1.27 bits per heavy atom. The van der Waals surface area contributed by atoms with Crippen molar-refractivity contribution in [3.63, 3.8) is 0 Å². The van der Waals surface area contributed by atoms with Gasteiger partial charge in [0.1, 0.15) is 0 Å². The lowest BCUT2D eigenvalue weighted by Gasteiger charge is -2.37. The molecule has 2 atom stereocenters. The predicted octanol–water partition coefficient (Wildman–Crippen LogP) is 1.97. The maximum absolute atomic E-state index is 7.22. The van der Waals surface area contributed by atoms with Gasteiger partial charge in [-0.3, -0.25) is 5.41 Å². The highest BCUT2D eigenvalue weighted by Crippen LogP contribution is 2.36. The first-order valence-electron chi connectivity index (χ1n) is 6.34. The van der Waals surface area contributed by atoms with Gasteiger partial charge in [0.25, 0.3) is 0 Å². The average molecular weight is 209 g/mol. The van der Waals surface area contributed by atoms with Crippen LogP contribution in [0.3, 0.4) is 0 Å². The van der Waals surface area contributed by atoms with Crippen molar-refractivity contribution in [3.8, 4) is 0 Å². The topological polar surface area (TPSA) is 53.1 Å². The number of hydrogen-bond acceptors (Lipinski definition) is 2. The molecule has 1 aliphatic carbocycles. The number of nitrogens with zero attached hydrogens (tertiary/aromatic N) is 1. The number of likely N-dealkylation sites (tertiary alicyclic amines) is 1. The van der Waals surface area contributed by atoms with E-state index in [2.05, 4.69) is 4.90 Å². The Kier molecular flexibility index (Phi) is 3.62. The molecule has 2 aliphatic rings. The van der Waals surface area contributed by atoms with E-state index in [1.54, 1.807) is 0 Å². The molecule has 15 heavy (non-hydrogen) atoms. The van der Waals surface area contributed by atoms with Crippen LogP contribution in [-0.4, -0.2) is 29.9 Å². The van der Waals surface area contributed by atoms with E-state index in [1.807, 2.05) is 0 Å². The van der Waals surface area contributed by atoms with Gasteiger partial charge in [-0.1, -0.05) is 6.42 Å². The molecule has 3 nitrogen and oxygen atoms in total. The highest BCUT2D eigenvalue weighted by molar-refractivity contribution is 5.76. The number of nitrogens with two attached hydrogens (primary N) is 1. The second kappa shape index (κ2) is 4.97. The first-order valence-corrected chi connectivity index (χ1v) is 6.34. The molecular formula is C12H23N3. The van der Waals surface area contributed by atoms with Gasteiger partial charge in [0.05, 0.1) is 5.84 Å². The molecule has 0 bridgehead atoms. The van der Waals surface area contributed by atoms with Gasteiger partial charge in [-0.2, -0.15) is 0 Å². The summed E-state index contributed by atoms with van der Waals surface area (Å²) in [6, 6.07) is 0.866. The van der Waals surface area contributed by atoms with Gasteiger partial charge in [0.15, 0.2) is 0 Å². The van der Waals surface area contributed by atoms with E-state index < -0.39 is 0 Å². The fourth-order valence-electron chi connectivity index (χ4n) is 3.31. The number of piperidine rings is 1. The zero-order chi connectivity index (χ0) is 10.7. The van der Waals surface area contributed by atoms with Crippen LogP contribution in [0.15, 0.2) is 0 Å². The quantitative estimate of drug-likeness (QED) is 0.549. The minimum atomic E-state index is 0.343.